The molecule has 0 radical (unpaired) electrons. The zero-order chi connectivity index (χ0) is 13.0. The number of benzene rings is 1. The van der Waals surface area contributed by atoms with Gasteiger partial charge in [-0.15, -0.1) is 0 Å². The number of anilines is 1. The van der Waals surface area contributed by atoms with Gasteiger partial charge in [-0.05, 0) is 48.0 Å². The zero-order valence-corrected chi connectivity index (χ0v) is 11.2. The van der Waals surface area contributed by atoms with Crippen LogP contribution in [-0.2, 0) is 6.42 Å². The summed E-state index contributed by atoms with van der Waals surface area (Å²) in [5, 5.41) is 0. The molecule has 4 nitrogen and oxygen atoms in total. The first-order valence-corrected chi connectivity index (χ1v) is 6.96. The minimum absolute atomic E-state index is 0.336. The molecule has 1 aromatic carbocycles. The quantitative estimate of drug-likeness (QED) is 0.781. The number of nitrogens with one attached hydrogen (secondary N) is 1. The summed E-state index contributed by atoms with van der Waals surface area (Å²) in [6.07, 6.45) is 2.38. The molecule has 3 unspecified atom stereocenters. The van der Waals surface area contributed by atoms with Gasteiger partial charge in [0.1, 0.15) is 5.82 Å². The van der Waals surface area contributed by atoms with E-state index >= 15 is 0 Å². The van der Waals surface area contributed by atoms with E-state index in [9.17, 15) is 0 Å². The number of rotatable bonds is 1. The molecule has 3 atom stereocenters. The van der Waals surface area contributed by atoms with Crippen molar-refractivity contribution in [2.24, 2.45) is 5.92 Å². The number of nitrogen functional groups attached to an aromatic ring is 1. The van der Waals surface area contributed by atoms with Crippen molar-refractivity contribution >= 4 is 18.2 Å². The Morgan fingerprint density at radius 3 is 2.89 bits per heavy atom. The van der Waals surface area contributed by atoms with Crippen molar-refractivity contribution in [2.45, 2.75) is 24.7 Å². The number of aryl methyl sites for hydroxylation is 1. The number of hydrogen-bond acceptors (Lipinski definition) is 4. The van der Waals surface area contributed by atoms with Gasteiger partial charge in [0.15, 0.2) is 0 Å². The summed E-state index contributed by atoms with van der Waals surface area (Å²) in [6.45, 7) is 0. The van der Waals surface area contributed by atoms with E-state index in [1.165, 1.54) is 17.5 Å². The molecule has 0 bridgehead atoms. The van der Waals surface area contributed by atoms with E-state index in [-0.39, 0.29) is 0 Å². The smallest absolute Gasteiger partial charge is 0.224 e. The Bertz CT molecular complexity index is 709. The molecule has 3 N–H and O–H groups in total. The van der Waals surface area contributed by atoms with Crippen LogP contribution in [-0.4, -0.2) is 15.0 Å². The van der Waals surface area contributed by atoms with Gasteiger partial charge in [-0.25, -0.2) is 4.98 Å². The van der Waals surface area contributed by atoms with Crippen molar-refractivity contribution in [3.63, 3.8) is 0 Å². The molecule has 5 heteroatoms. The lowest BCUT2D eigenvalue weighted by Gasteiger charge is -2.13. The summed E-state index contributed by atoms with van der Waals surface area (Å²) >= 11 is 5.06. The molecule has 0 saturated heterocycles. The Morgan fingerprint density at radius 2 is 2.05 bits per heavy atom. The van der Waals surface area contributed by atoms with E-state index in [1.54, 1.807) is 0 Å². The number of nitrogens with zero attached hydrogens (tertiary/aromatic N) is 2. The summed E-state index contributed by atoms with van der Waals surface area (Å²) in [4.78, 5) is 11.4. The third-order valence-electron chi connectivity index (χ3n) is 4.33. The summed E-state index contributed by atoms with van der Waals surface area (Å²) in [5.41, 5.74) is 8.69. The topological polar surface area (TPSA) is 67.6 Å². The van der Waals surface area contributed by atoms with Gasteiger partial charge in [0, 0.05) is 5.92 Å². The van der Waals surface area contributed by atoms with Crippen LogP contribution in [0.15, 0.2) is 24.3 Å². The molecule has 1 aromatic heterocycles. The molecule has 1 fully saturated rings. The Morgan fingerprint density at radius 1 is 1.21 bits per heavy atom. The van der Waals surface area contributed by atoms with E-state index in [0.29, 0.717) is 28.5 Å². The first-order chi connectivity index (χ1) is 9.24. The van der Waals surface area contributed by atoms with Crippen LogP contribution in [0, 0.1) is 10.7 Å². The second-order valence-corrected chi connectivity index (χ2v) is 5.72. The number of aromatic nitrogens is 3. The average molecular weight is 270 g/mol. The third kappa shape index (κ3) is 1.69. The number of fused-ring (bicyclic) bond motifs is 3. The van der Waals surface area contributed by atoms with E-state index in [1.807, 2.05) is 0 Å². The highest BCUT2D eigenvalue weighted by Crippen LogP contribution is 2.64. The van der Waals surface area contributed by atoms with Gasteiger partial charge in [-0.3, -0.25) is 0 Å². The molecule has 0 spiro atoms. The molecule has 2 aromatic rings. The van der Waals surface area contributed by atoms with E-state index in [0.717, 1.165) is 12.2 Å². The lowest BCUT2D eigenvalue weighted by atomic mass is 9.92. The van der Waals surface area contributed by atoms with Crippen molar-refractivity contribution in [3.05, 3.63) is 46.0 Å². The molecule has 1 saturated carbocycles. The van der Waals surface area contributed by atoms with Crippen LogP contribution in [0.5, 0.6) is 0 Å². The predicted octanol–water partition coefficient (Wildman–Crippen LogP) is 2.56. The van der Waals surface area contributed by atoms with Crippen LogP contribution in [0.2, 0.25) is 0 Å². The molecular formula is C14H14N4S. The third-order valence-corrected chi connectivity index (χ3v) is 4.52. The highest BCUT2D eigenvalue weighted by molar-refractivity contribution is 7.71. The standard InChI is InChI=1S/C14H14N4S/c15-13-16-12(17-14(19)18-13)11-9-6-5-7-3-1-2-4-8(7)10(9)11/h1-4,9-11H,5-6H2,(H3,15,16,17,18,19). The number of aromatic amines is 1. The van der Waals surface area contributed by atoms with E-state index in [4.69, 9.17) is 18.0 Å². The summed E-state index contributed by atoms with van der Waals surface area (Å²) in [7, 11) is 0. The van der Waals surface area contributed by atoms with Crippen molar-refractivity contribution in [2.75, 3.05) is 5.73 Å². The van der Waals surface area contributed by atoms with Crippen LogP contribution >= 0.6 is 12.2 Å². The maximum absolute atomic E-state index is 5.74. The maximum atomic E-state index is 5.74. The van der Waals surface area contributed by atoms with Gasteiger partial charge in [-0.1, -0.05) is 24.3 Å². The average Bonchev–Trinajstić information content (AvgIpc) is 3.12. The zero-order valence-electron chi connectivity index (χ0n) is 10.3. The van der Waals surface area contributed by atoms with Crippen molar-refractivity contribution < 1.29 is 0 Å². The van der Waals surface area contributed by atoms with Crippen LogP contribution in [0.1, 0.15) is 35.2 Å². The highest BCUT2D eigenvalue weighted by atomic mass is 32.1. The molecule has 19 heavy (non-hydrogen) atoms. The Balaban J connectivity index is 1.76. The minimum atomic E-state index is 0.336. The molecule has 0 aliphatic heterocycles. The highest BCUT2D eigenvalue weighted by Gasteiger charge is 2.55. The number of H-pyrrole nitrogens is 1. The summed E-state index contributed by atoms with van der Waals surface area (Å²) in [5.74, 6) is 2.95. The van der Waals surface area contributed by atoms with Crippen LogP contribution in [0.25, 0.3) is 0 Å². The second kappa shape index (κ2) is 3.87. The van der Waals surface area contributed by atoms with Crippen molar-refractivity contribution in [1.29, 1.82) is 0 Å². The predicted molar refractivity (Wildman–Crippen MR) is 75.4 cm³/mol. The van der Waals surface area contributed by atoms with Crippen molar-refractivity contribution in [3.8, 4) is 0 Å². The fourth-order valence-electron chi connectivity index (χ4n) is 3.52. The van der Waals surface area contributed by atoms with Gasteiger partial charge >= 0.3 is 0 Å². The molecule has 2 aliphatic carbocycles. The Hall–Kier alpha value is -1.75. The fourth-order valence-corrected chi connectivity index (χ4v) is 3.71. The summed E-state index contributed by atoms with van der Waals surface area (Å²) in [6, 6.07) is 8.71. The van der Waals surface area contributed by atoms with Gasteiger partial charge in [0.2, 0.25) is 10.7 Å². The molecule has 1 heterocycles. The monoisotopic (exact) mass is 270 g/mol. The van der Waals surface area contributed by atoms with E-state index < -0.39 is 0 Å². The lowest BCUT2D eigenvalue weighted by molar-refractivity contribution is 0.653. The van der Waals surface area contributed by atoms with Gasteiger partial charge in [-0.2, -0.15) is 4.98 Å². The molecule has 0 amide bonds. The molecule has 4 rings (SSSR count). The van der Waals surface area contributed by atoms with Gasteiger partial charge < -0.3 is 10.7 Å². The lowest BCUT2D eigenvalue weighted by Crippen LogP contribution is -2.02. The molecule has 2 aliphatic rings. The van der Waals surface area contributed by atoms with Crippen LogP contribution in [0.4, 0.5) is 5.95 Å². The maximum Gasteiger partial charge on any atom is 0.224 e. The Kier molecular flexibility index (Phi) is 2.26. The van der Waals surface area contributed by atoms with E-state index in [2.05, 4.69) is 39.2 Å². The molecule has 96 valence electrons. The normalized spacial score (nSPS) is 27.5. The van der Waals surface area contributed by atoms with Gasteiger partial charge in [0.05, 0.1) is 0 Å². The second-order valence-electron chi connectivity index (χ2n) is 5.35. The first kappa shape index (κ1) is 11.1. The Labute approximate surface area is 116 Å². The fraction of sp³-hybridized carbons (Fsp3) is 0.357. The SMILES string of the molecule is Nc1nc(=S)nc(C2C3CCc4ccccc4C32)[nH]1. The van der Waals surface area contributed by atoms with Gasteiger partial charge in [0.25, 0.3) is 0 Å². The minimum Gasteiger partial charge on any atom is -0.369 e. The van der Waals surface area contributed by atoms with Crippen molar-refractivity contribution in [1.82, 2.24) is 15.0 Å². The first-order valence-electron chi connectivity index (χ1n) is 6.55. The van der Waals surface area contributed by atoms with Crippen LogP contribution < -0.4 is 5.73 Å². The number of hydrogen-bond donors (Lipinski definition) is 2. The number of nitrogens with two attached hydrogens (primary N) is 1. The van der Waals surface area contributed by atoms with Crippen LogP contribution in [0.3, 0.4) is 0 Å². The summed E-state index contributed by atoms with van der Waals surface area (Å²) < 4.78 is 0.336. The largest absolute Gasteiger partial charge is 0.369 e. The molecular weight excluding hydrogens is 256 g/mol.